The molecule has 0 fully saturated rings. The van der Waals surface area contributed by atoms with Gasteiger partial charge in [-0.15, -0.1) is 0 Å². The van der Waals surface area contributed by atoms with Crippen molar-refractivity contribution in [3.63, 3.8) is 0 Å². The molecule has 0 amide bonds. The van der Waals surface area contributed by atoms with Crippen molar-refractivity contribution in [2.24, 2.45) is 5.73 Å². The Morgan fingerprint density at radius 2 is 2.20 bits per heavy atom. The topological polar surface area (TPSA) is 43.8 Å². The lowest BCUT2D eigenvalue weighted by molar-refractivity contribution is 0.686. The molecule has 3 nitrogen and oxygen atoms in total. The van der Waals surface area contributed by atoms with Crippen LogP contribution in [0.25, 0.3) is 10.9 Å². The fourth-order valence-corrected chi connectivity index (χ4v) is 1.72. The molecule has 1 aromatic carbocycles. The van der Waals surface area contributed by atoms with Crippen LogP contribution in [0, 0.1) is 0 Å². The number of hydrogen-bond donors (Lipinski definition) is 1. The van der Waals surface area contributed by atoms with E-state index in [9.17, 15) is 0 Å². The summed E-state index contributed by atoms with van der Waals surface area (Å²) in [5.41, 5.74) is 8.83. The molecule has 3 heteroatoms. The molecular formula is C12H15N3. The third kappa shape index (κ3) is 1.78. The van der Waals surface area contributed by atoms with Crippen LogP contribution in [0.2, 0.25) is 0 Å². The molecule has 0 radical (unpaired) electrons. The van der Waals surface area contributed by atoms with E-state index in [4.69, 9.17) is 5.73 Å². The van der Waals surface area contributed by atoms with Crippen LogP contribution in [0.3, 0.4) is 0 Å². The summed E-state index contributed by atoms with van der Waals surface area (Å²) in [5.74, 6) is 0. The van der Waals surface area contributed by atoms with Gasteiger partial charge in [0.25, 0.3) is 0 Å². The molecule has 2 rings (SSSR count). The third-order valence-electron chi connectivity index (χ3n) is 2.35. The Morgan fingerprint density at radius 3 is 2.87 bits per heavy atom. The van der Waals surface area contributed by atoms with E-state index in [-0.39, 0.29) is 0 Å². The SMILES string of the molecule is C=C(C)Cn1nc(CN)c2ccccc21. The van der Waals surface area contributed by atoms with Gasteiger partial charge in [-0.2, -0.15) is 5.10 Å². The quantitative estimate of drug-likeness (QED) is 0.772. The van der Waals surface area contributed by atoms with E-state index in [0.29, 0.717) is 6.54 Å². The highest BCUT2D eigenvalue weighted by molar-refractivity contribution is 5.81. The van der Waals surface area contributed by atoms with Gasteiger partial charge in [-0.3, -0.25) is 4.68 Å². The van der Waals surface area contributed by atoms with Gasteiger partial charge >= 0.3 is 0 Å². The summed E-state index contributed by atoms with van der Waals surface area (Å²) in [4.78, 5) is 0. The van der Waals surface area contributed by atoms with Crippen molar-refractivity contribution in [3.8, 4) is 0 Å². The molecule has 2 aromatic rings. The Balaban J connectivity index is 2.59. The summed E-state index contributed by atoms with van der Waals surface area (Å²) in [6.45, 7) is 7.13. The highest BCUT2D eigenvalue weighted by Gasteiger charge is 2.07. The molecule has 0 atom stereocenters. The van der Waals surface area contributed by atoms with Crippen LogP contribution in [-0.2, 0) is 13.1 Å². The second-order valence-corrected chi connectivity index (χ2v) is 3.78. The molecule has 15 heavy (non-hydrogen) atoms. The Morgan fingerprint density at radius 1 is 1.47 bits per heavy atom. The second-order valence-electron chi connectivity index (χ2n) is 3.78. The first kappa shape index (κ1) is 9.93. The summed E-state index contributed by atoms with van der Waals surface area (Å²) >= 11 is 0. The molecule has 1 aromatic heterocycles. The number of fused-ring (bicyclic) bond motifs is 1. The highest BCUT2D eigenvalue weighted by atomic mass is 15.3. The van der Waals surface area contributed by atoms with E-state index in [1.165, 1.54) is 0 Å². The van der Waals surface area contributed by atoms with Gasteiger partial charge in [0.1, 0.15) is 0 Å². The molecule has 0 aliphatic heterocycles. The highest BCUT2D eigenvalue weighted by Crippen LogP contribution is 2.18. The van der Waals surface area contributed by atoms with Gasteiger partial charge in [-0.1, -0.05) is 30.4 Å². The summed E-state index contributed by atoms with van der Waals surface area (Å²) in [5, 5.41) is 5.62. The minimum Gasteiger partial charge on any atom is -0.325 e. The molecule has 78 valence electrons. The van der Waals surface area contributed by atoms with Crippen LogP contribution in [0.1, 0.15) is 12.6 Å². The van der Waals surface area contributed by atoms with Gasteiger partial charge in [-0.25, -0.2) is 0 Å². The van der Waals surface area contributed by atoms with Crippen molar-refractivity contribution >= 4 is 10.9 Å². The predicted octanol–water partition coefficient (Wildman–Crippen LogP) is 2.07. The zero-order valence-electron chi connectivity index (χ0n) is 8.90. The molecule has 0 aliphatic carbocycles. The molecule has 2 N–H and O–H groups in total. The Labute approximate surface area is 89.2 Å². The third-order valence-corrected chi connectivity index (χ3v) is 2.35. The second kappa shape index (κ2) is 3.87. The first-order valence-electron chi connectivity index (χ1n) is 5.01. The van der Waals surface area contributed by atoms with Crippen LogP contribution >= 0.6 is 0 Å². The lowest BCUT2D eigenvalue weighted by atomic mass is 10.2. The minimum atomic E-state index is 0.476. The Bertz CT molecular complexity index is 497. The first-order valence-corrected chi connectivity index (χ1v) is 5.01. The van der Waals surface area contributed by atoms with Gasteiger partial charge in [0.05, 0.1) is 17.8 Å². The lowest BCUT2D eigenvalue weighted by Gasteiger charge is -2.01. The van der Waals surface area contributed by atoms with Crippen LogP contribution in [-0.4, -0.2) is 9.78 Å². The zero-order chi connectivity index (χ0) is 10.8. The average Bonchev–Trinajstić information content (AvgIpc) is 2.56. The van der Waals surface area contributed by atoms with Crippen molar-refractivity contribution in [1.29, 1.82) is 0 Å². The van der Waals surface area contributed by atoms with E-state index < -0.39 is 0 Å². The fourth-order valence-electron chi connectivity index (χ4n) is 1.72. The fraction of sp³-hybridized carbons (Fsp3) is 0.250. The monoisotopic (exact) mass is 201 g/mol. The molecule has 0 aliphatic rings. The van der Waals surface area contributed by atoms with Crippen molar-refractivity contribution in [1.82, 2.24) is 9.78 Å². The van der Waals surface area contributed by atoms with E-state index >= 15 is 0 Å². The van der Waals surface area contributed by atoms with Crippen LogP contribution < -0.4 is 5.73 Å². The standard InChI is InChI=1S/C12H15N3/c1-9(2)8-15-12-6-4-3-5-10(12)11(7-13)14-15/h3-6H,1,7-8,13H2,2H3. The van der Waals surface area contributed by atoms with Crippen molar-refractivity contribution in [3.05, 3.63) is 42.1 Å². The van der Waals surface area contributed by atoms with Gasteiger partial charge in [-0.05, 0) is 13.0 Å². The maximum Gasteiger partial charge on any atom is 0.0839 e. The number of rotatable bonds is 3. The van der Waals surface area contributed by atoms with Crippen molar-refractivity contribution < 1.29 is 0 Å². The molecule has 0 spiro atoms. The van der Waals surface area contributed by atoms with E-state index in [1.54, 1.807) is 0 Å². The smallest absolute Gasteiger partial charge is 0.0839 e. The Hall–Kier alpha value is -1.61. The largest absolute Gasteiger partial charge is 0.325 e. The minimum absolute atomic E-state index is 0.476. The van der Waals surface area contributed by atoms with Crippen LogP contribution in [0.5, 0.6) is 0 Å². The molecule has 0 saturated heterocycles. The summed E-state index contributed by atoms with van der Waals surface area (Å²) in [7, 11) is 0. The first-order chi connectivity index (χ1) is 7.22. The number of hydrogen-bond acceptors (Lipinski definition) is 2. The average molecular weight is 201 g/mol. The lowest BCUT2D eigenvalue weighted by Crippen LogP contribution is -2.03. The summed E-state index contributed by atoms with van der Waals surface area (Å²) in [6.07, 6.45) is 0. The van der Waals surface area contributed by atoms with Crippen LogP contribution in [0.4, 0.5) is 0 Å². The van der Waals surface area contributed by atoms with Gasteiger partial charge < -0.3 is 5.73 Å². The number of nitrogens with zero attached hydrogens (tertiary/aromatic N) is 2. The summed E-state index contributed by atoms with van der Waals surface area (Å²) in [6, 6.07) is 8.14. The maximum atomic E-state index is 5.66. The normalized spacial score (nSPS) is 10.8. The number of aromatic nitrogens is 2. The number of benzene rings is 1. The predicted molar refractivity (Wildman–Crippen MR) is 62.4 cm³/mol. The molecule has 0 saturated carbocycles. The van der Waals surface area contributed by atoms with Crippen molar-refractivity contribution in [2.75, 3.05) is 0 Å². The van der Waals surface area contributed by atoms with Gasteiger partial charge in [0.15, 0.2) is 0 Å². The zero-order valence-corrected chi connectivity index (χ0v) is 8.90. The number of nitrogens with two attached hydrogens (primary N) is 1. The number of allylic oxidation sites excluding steroid dienone is 1. The number of para-hydroxylation sites is 1. The summed E-state index contributed by atoms with van der Waals surface area (Å²) < 4.78 is 1.96. The molecular weight excluding hydrogens is 186 g/mol. The van der Waals surface area contributed by atoms with Crippen molar-refractivity contribution in [2.45, 2.75) is 20.0 Å². The molecule has 0 unspecified atom stereocenters. The maximum absolute atomic E-state index is 5.66. The molecule has 0 bridgehead atoms. The van der Waals surface area contributed by atoms with Gasteiger partial charge in [0.2, 0.25) is 0 Å². The van der Waals surface area contributed by atoms with E-state index in [2.05, 4.69) is 23.8 Å². The van der Waals surface area contributed by atoms with Crippen LogP contribution in [0.15, 0.2) is 36.4 Å². The van der Waals surface area contributed by atoms with Gasteiger partial charge in [0, 0.05) is 11.9 Å². The Kier molecular flexibility index (Phi) is 2.56. The van der Waals surface area contributed by atoms with E-state index in [1.807, 2.05) is 23.7 Å². The van der Waals surface area contributed by atoms with E-state index in [0.717, 1.165) is 28.7 Å². The molecule has 1 heterocycles.